The maximum Gasteiger partial charge on any atom is 0.179 e. The summed E-state index contributed by atoms with van der Waals surface area (Å²) in [7, 11) is 0. The summed E-state index contributed by atoms with van der Waals surface area (Å²) < 4.78 is 0. The van der Waals surface area contributed by atoms with E-state index < -0.39 is 0 Å². The second kappa shape index (κ2) is 8.19. The van der Waals surface area contributed by atoms with Gasteiger partial charge in [-0.15, -0.1) is 10.2 Å². The molecule has 0 amide bonds. The summed E-state index contributed by atoms with van der Waals surface area (Å²) in [6, 6.07) is 0.288. The highest BCUT2D eigenvalue weighted by molar-refractivity contribution is 6.33. The summed E-state index contributed by atoms with van der Waals surface area (Å²) >= 11 is 6.01. The van der Waals surface area contributed by atoms with Gasteiger partial charge in [0.05, 0.1) is 0 Å². The lowest BCUT2D eigenvalue weighted by atomic mass is 10.1. The second-order valence-corrected chi connectivity index (χ2v) is 5.67. The first kappa shape index (κ1) is 16.8. The number of anilines is 1. The van der Waals surface area contributed by atoms with E-state index in [0.717, 1.165) is 32.5 Å². The molecule has 0 saturated carbocycles. The van der Waals surface area contributed by atoms with Crippen LogP contribution in [0.4, 0.5) is 5.82 Å². The molecule has 2 heterocycles. The van der Waals surface area contributed by atoms with Crippen molar-refractivity contribution in [1.82, 2.24) is 25.1 Å². The zero-order valence-corrected chi connectivity index (χ0v) is 14.1. The number of aromatic nitrogens is 4. The molecule has 0 aromatic carbocycles. The zero-order chi connectivity index (χ0) is 15.9. The Morgan fingerprint density at radius 1 is 1.14 bits per heavy atom. The molecule has 0 saturated heterocycles. The van der Waals surface area contributed by atoms with Crippen LogP contribution in [-0.2, 0) is 0 Å². The van der Waals surface area contributed by atoms with Gasteiger partial charge in [-0.25, -0.2) is 9.97 Å². The molecule has 1 atom stereocenters. The molecule has 0 aliphatic rings. The van der Waals surface area contributed by atoms with Gasteiger partial charge in [0.1, 0.15) is 11.0 Å². The Balaban J connectivity index is 1.97. The molecule has 0 aliphatic heterocycles. The summed E-state index contributed by atoms with van der Waals surface area (Å²) in [6.07, 6.45) is 5.44. The first-order valence-electron chi connectivity index (χ1n) is 7.77. The molecule has 0 fully saturated rings. The van der Waals surface area contributed by atoms with Crippen molar-refractivity contribution in [3.05, 3.63) is 17.5 Å². The Morgan fingerprint density at radius 2 is 1.82 bits per heavy atom. The van der Waals surface area contributed by atoms with Crippen LogP contribution in [0, 0.1) is 0 Å². The molecular formula is C15H23ClN6. The van der Waals surface area contributed by atoms with Gasteiger partial charge in [0, 0.05) is 18.4 Å². The molecule has 120 valence electrons. The highest BCUT2D eigenvalue weighted by Crippen LogP contribution is 2.22. The third kappa shape index (κ3) is 4.24. The molecule has 2 aromatic rings. The quantitative estimate of drug-likeness (QED) is 0.806. The standard InChI is InChI=1S/C15H23ClN6/c1-4-22(5-2)10-6-7-11(3)19-15-13-12(14(16)20-21-15)17-8-9-18-13/h8-9,11H,4-7,10H2,1-3H3,(H,19,21). The van der Waals surface area contributed by atoms with Gasteiger partial charge in [0.25, 0.3) is 0 Å². The van der Waals surface area contributed by atoms with Crippen LogP contribution in [0.2, 0.25) is 5.15 Å². The summed E-state index contributed by atoms with van der Waals surface area (Å²) in [5, 5.41) is 11.7. The number of nitrogens with one attached hydrogen (secondary N) is 1. The van der Waals surface area contributed by atoms with Crippen molar-refractivity contribution in [2.24, 2.45) is 0 Å². The lowest BCUT2D eigenvalue weighted by Gasteiger charge is -2.20. The second-order valence-electron chi connectivity index (χ2n) is 5.31. The average Bonchev–Trinajstić information content (AvgIpc) is 2.54. The molecule has 0 spiro atoms. The van der Waals surface area contributed by atoms with Crippen LogP contribution in [0.25, 0.3) is 11.0 Å². The minimum absolute atomic E-state index is 0.280. The largest absolute Gasteiger partial charge is 0.364 e. The Hall–Kier alpha value is -1.53. The highest BCUT2D eigenvalue weighted by Gasteiger charge is 2.12. The molecule has 22 heavy (non-hydrogen) atoms. The summed E-state index contributed by atoms with van der Waals surface area (Å²) in [5.74, 6) is 0.642. The van der Waals surface area contributed by atoms with Crippen LogP contribution in [0.5, 0.6) is 0 Å². The maximum atomic E-state index is 6.01. The lowest BCUT2D eigenvalue weighted by Crippen LogP contribution is -2.25. The Labute approximate surface area is 136 Å². The number of rotatable bonds is 8. The van der Waals surface area contributed by atoms with Gasteiger partial charge in [0.15, 0.2) is 11.0 Å². The predicted molar refractivity (Wildman–Crippen MR) is 90.2 cm³/mol. The maximum absolute atomic E-state index is 6.01. The molecular weight excluding hydrogens is 300 g/mol. The van der Waals surface area contributed by atoms with E-state index in [1.807, 2.05) is 0 Å². The normalized spacial score (nSPS) is 12.8. The molecule has 6 nitrogen and oxygen atoms in total. The monoisotopic (exact) mass is 322 g/mol. The third-order valence-electron chi connectivity index (χ3n) is 3.74. The molecule has 7 heteroatoms. The number of fused-ring (bicyclic) bond motifs is 1. The van der Waals surface area contributed by atoms with Crippen LogP contribution < -0.4 is 5.32 Å². The molecule has 2 rings (SSSR count). The van der Waals surface area contributed by atoms with Crippen molar-refractivity contribution in [2.75, 3.05) is 25.0 Å². The third-order valence-corrected chi connectivity index (χ3v) is 4.00. The molecule has 0 bridgehead atoms. The number of halogens is 1. The van der Waals surface area contributed by atoms with Crippen molar-refractivity contribution in [3.63, 3.8) is 0 Å². The summed E-state index contributed by atoms with van der Waals surface area (Å²) in [6.45, 7) is 9.84. The van der Waals surface area contributed by atoms with E-state index in [1.165, 1.54) is 0 Å². The van der Waals surface area contributed by atoms with E-state index in [-0.39, 0.29) is 11.2 Å². The number of hydrogen-bond donors (Lipinski definition) is 1. The lowest BCUT2D eigenvalue weighted by molar-refractivity contribution is 0.295. The van der Waals surface area contributed by atoms with Crippen molar-refractivity contribution >= 4 is 28.5 Å². The van der Waals surface area contributed by atoms with Crippen LogP contribution in [-0.4, -0.2) is 50.7 Å². The van der Waals surface area contributed by atoms with E-state index in [9.17, 15) is 0 Å². The van der Waals surface area contributed by atoms with Crippen LogP contribution >= 0.6 is 11.6 Å². The topological polar surface area (TPSA) is 66.8 Å². The Bertz CT molecular complexity index is 602. The van der Waals surface area contributed by atoms with Gasteiger partial charge in [-0.1, -0.05) is 25.4 Å². The van der Waals surface area contributed by atoms with Gasteiger partial charge in [-0.05, 0) is 39.4 Å². The minimum Gasteiger partial charge on any atom is -0.364 e. The van der Waals surface area contributed by atoms with E-state index in [0.29, 0.717) is 16.9 Å². The van der Waals surface area contributed by atoms with Crippen molar-refractivity contribution in [2.45, 2.75) is 39.7 Å². The number of hydrogen-bond acceptors (Lipinski definition) is 6. The zero-order valence-electron chi connectivity index (χ0n) is 13.4. The van der Waals surface area contributed by atoms with Gasteiger partial charge >= 0.3 is 0 Å². The van der Waals surface area contributed by atoms with E-state index in [4.69, 9.17) is 11.6 Å². The molecule has 2 aromatic heterocycles. The smallest absolute Gasteiger partial charge is 0.179 e. The van der Waals surface area contributed by atoms with Crippen LogP contribution in [0.15, 0.2) is 12.4 Å². The van der Waals surface area contributed by atoms with Crippen molar-refractivity contribution < 1.29 is 0 Å². The van der Waals surface area contributed by atoms with Gasteiger partial charge < -0.3 is 10.2 Å². The van der Waals surface area contributed by atoms with Gasteiger partial charge in [0.2, 0.25) is 0 Å². The average molecular weight is 323 g/mol. The molecule has 0 radical (unpaired) electrons. The predicted octanol–water partition coefficient (Wildman–Crippen LogP) is 3.00. The summed E-state index contributed by atoms with van der Waals surface area (Å²) in [5.41, 5.74) is 1.25. The molecule has 1 N–H and O–H groups in total. The summed E-state index contributed by atoms with van der Waals surface area (Å²) in [4.78, 5) is 10.9. The first-order chi connectivity index (χ1) is 10.7. The SMILES string of the molecule is CCN(CC)CCCC(C)Nc1nnc(Cl)c2nccnc12. The number of nitrogens with zero attached hydrogens (tertiary/aromatic N) is 5. The molecule has 1 unspecified atom stereocenters. The van der Waals surface area contributed by atoms with Gasteiger partial charge in [-0.2, -0.15) is 0 Å². The minimum atomic E-state index is 0.280. The van der Waals surface area contributed by atoms with Crippen molar-refractivity contribution in [3.8, 4) is 0 Å². The van der Waals surface area contributed by atoms with Gasteiger partial charge in [-0.3, -0.25) is 0 Å². The fraction of sp³-hybridized carbons (Fsp3) is 0.600. The van der Waals surface area contributed by atoms with E-state index in [2.05, 4.69) is 51.2 Å². The van der Waals surface area contributed by atoms with E-state index >= 15 is 0 Å². The Morgan fingerprint density at radius 3 is 2.50 bits per heavy atom. The first-order valence-corrected chi connectivity index (χ1v) is 8.15. The highest BCUT2D eigenvalue weighted by atomic mass is 35.5. The fourth-order valence-electron chi connectivity index (χ4n) is 2.41. The van der Waals surface area contributed by atoms with E-state index in [1.54, 1.807) is 12.4 Å². The molecule has 0 aliphatic carbocycles. The van der Waals surface area contributed by atoms with Crippen LogP contribution in [0.3, 0.4) is 0 Å². The van der Waals surface area contributed by atoms with Crippen molar-refractivity contribution in [1.29, 1.82) is 0 Å². The Kier molecular flexibility index (Phi) is 6.27. The fourth-order valence-corrected chi connectivity index (χ4v) is 2.59. The van der Waals surface area contributed by atoms with Crippen LogP contribution in [0.1, 0.15) is 33.6 Å².